The first-order valence-corrected chi connectivity index (χ1v) is 9.08. The quantitative estimate of drug-likeness (QED) is 0.678. The molecular formula is C15H15BrF2N2O2S. The Morgan fingerprint density at radius 2 is 2.17 bits per heavy atom. The van der Waals surface area contributed by atoms with E-state index in [4.69, 9.17) is 5.11 Å². The lowest BCUT2D eigenvalue weighted by molar-refractivity contribution is 0.197. The smallest absolute Gasteiger partial charge is 0.410 e. The highest BCUT2D eigenvalue weighted by molar-refractivity contribution is 9.10. The molecule has 1 aliphatic heterocycles. The molecule has 0 saturated heterocycles. The Kier molecular flexibility index (Phi) is 4.64. The second-order valence-electron chi connectivity index (χ2n) is 5.77. The molecule has 1 amide bonds. The van der Waals surface area contributed by atoms with E-state index in [0.29, 0.717) is 17.7 Å². The summed E-state index contributed by atoms with van der Waals surface area (Å²) in [5.41, 5.74) is -0.498. The van der Waals surface area contributed by atoms with E-state index in [2.05, 4.69) is 26.2 Å². The largest absolute Gasteiger partial charge is 0.465 e. The zero-order valence-electron chi connectivity index (χ0n) is 12.1. The number of rotatable bonds is 1. The summed E-state index contributed by atoms with van der Waals surface area (Å²) in [6, 6.07) is 2.31. The third kappa shape index (κ3) is 3.10. The van der Waals surface area contributed by atoms with E-state index in [1.54, 1.807) is 0 Å². The summed E-state index contributed by atoms with van der Waals surface area (Å²) in [4.78, 5) is 15.5. The van der Waals surface area contributed by atoms with Crippen LogP contribution in [0.3, 0.4) is 0 Å². The Hall–Kier alpha value is -1.15. The number of fused-ring (bicyclic) bond motifs is 1. The molecule has 1 aromatic carbocycles. The number of carbonyl (C=O) groups is 1. The first-order chi connectivity index (χ1) is 10.9. The molecule has 1 unspecified atom stereocenters. The normalized spacial score (nSPS) is 27.1. The third-order valence-corrected chi connectivity index (χ3v) is 6.09. The minimum absolute atomic E-state index is 0.104. The Labute approximate surface area is 144 Å². The van der Waals surface area contributed by atoms with E-state index in [1.807, 2.05) is 0 Å². The van der Waals surface area contributed by atoms with Crippen LogP contribution in [0, 0.1) is 17.6 Å². The summed E-state index contributed by atoms with van der Waals surface area (Å²) in [5.74, 6) is -0.531. The van der Waals surface area contributed by atoms with Gasteiger partial charge < -0.3 is 5.11 Å². The van der Waals surface area contributed by atoms with Crippen molar-refractivity contribution in [1.82, 2.24) is 5.32 Å². The van der Waals surface area contributed by atoms with Crippen LogP contribution >= 0.6 is 27.7 Å². The highest BCUT2D eigenvalue weighted by Crippen LogP contribution is 2.50. The molecule has 1 fully saturated rings. The number of amides is 1. The fraction of sp³-hybridized carbons (Fsp3) is 0.467. The molecule has 23 heavy (non-hydrogen) atoms. The number of amidine groups is 1. The van der Waals surface area contributed by atoms with Gasteiger partial charge in [-0.25, -0.2) is 13.6 Å². The molecule has 0 bridgehead atoms. The molecule has 8 heteroatoms. The first kappa shape index (κ1) is 16.7. The fourth-order valence-electron chi connectivity index (χ4n) is 3.41. The van der Waals surface area contributed by atoms with Crippen LogP contribution in [0.2, 0.25) is 0 Å². The van der Waals surface area contributed by atoms with Crippen molar-refractivity contribution in [1.29, 1.82) is 0 Å². The number of nitrogens with zero attached hydrogens (tertiary/aromatic N) is 1. The molecule has 0 radical (unpaired) electrons. The van der Waals surface area contributed by atoms with Gasteiger partial charge in [0.1, 0.15) is 11.6 Å². The molecule has 1 aromatic rings. The van der Waals surface area contributed by atoms with Crippen LogP contribution in [-0.2, 0) is 5.54 Å². The van der Waals surface area contributed by atoms with E-state index in [1.165, 1.54) is 17.8 Å². The monoisotopic (exact) mass is 404 g/mol. The van der Waals surface area contributed by atoms with Gasteiger partial charge in [-0.15, -0.1) is 0 Å². The van der Waals surface area contributed by atoms with Gasteiger partial charge in [-0.1, -0.05) is 24.6 Å². The number of hydrogen-bond donors (Lipinski definition) is 2. The second-order valence-corrected chi connectivity index (χ2v) is 7.63. The van der Waals surface area contributed by atoms with Crippen LogP contribution in [0.25, 0.3) is 0 Å². The minimum atomic E-state index is -1.19. The van der Waals surface area contributed by atoms with Crippen molar-refractivity contribution in [2.45, 2.75) is 31.2 Å². The first-order valence-electron chi connectivity index (χ1n) is 7.30. The number of benzene rings is 1. The van der Waals surface area contributed by atoms with Gasteiger partial charge in [0.25, 0.3) is 0 Å². The highest BCUT2D eigenvalue weighted by Gasteiger charge is 2.46. The SMILES string of the molecule is O=C(O)NC1=N[C@@]2(c3cc(Br)c(F)cc3F)CCCCC2CS1. The second kappa shape index (κ2) is 6.39. The van der Waals surface area contributed by atoms with Crippen LogP contribution in [0.15, 0.2) is 21.6 Å². The Morgan fingerprint density at radius 1 is 1.39 bits per heavy atom. The number of hydrogen-bond acceptors (Lipinski definition) is 3. The van der Waals surface area contributed by atoms with Crippen molar-refractivity contribution in [3.63, 3.8) is 0 Å². The molecule has 0 spiro atoms. The van der Waals surface area contributed by atoms with E-state index in [0.717, 1.165) is 25.3 Å². The van der Waals surface area contributed by atoms with Gasteiger partial charge in [0.05, 0.1) is 10.0 Å². The molecule has 4 nitrogen and oxygen atoms in total. The van der Waals surface area contributed by atoms with Gasteiger partial charge in [0, 0.05) is 17.4 Å². The molecule has 1 heterocycles. The summed E-state index contributed by atoms with van der Waals surface area (Å²) < 4.78 is 28.3. The lowest BCUT2D eigenvalue weighted by Crippen LogP contribution is -2.44. The fourth-order valence-corrected chi connectivity index (χ4v) is 4.95. The van der Waals surface area contributed by atoms with E-state index < -0.39 is 23.3 Å². The van der Waals surface area contributed by atoms with Crippen LogP contribution in [0.5, 0.6) is 0 Å². The number of halogens is 3. The van der Waals surface area contributed by atoms with Gasteiger partial charge >= 0.3 is 6.09 Å². The molecule has 1 aliphatic carbocycles. The van der Waals surface area contributed by atoms with E-state index in [9.17, 15) is 13.6 Å². The summed E-state index contributed by atoms with van der Waals surface area (Å²) in [6.07, 6.45) is 2.23. The maximum Gasteiger partial charge on any atom is 0.410 e. The van der Waals surface area contributed by atoms with Gasteiger partial charge in [-0.05, 0) is 40.8 Å². The van der Waals surface area contributed by atoms with Crippen LogP contribution in [-0.4, -0.2) is 22.1 Å². The van der Waals surface area contributed by atoms with Gasteiger partial charge in [-0.2, -0.15) is 0 Å². The number of aliphatic imine (C=N–C) groups is 1. The lowest BCUT2D eigenvalue weighted by atomic mass is 9.69. The van der Waals surface area contributed by atoms with Gasteiger partial charge in [0.2, 0.25) is 0 Å². The predicted molar refractivity (Wildman–Crippen MR) is 88.7 cm³/mol. The summed E-state index contributed by atoms with van der Waals surface area (Å²) >= 11 is 4.44. The van der Waals surface area contributed by atoms with Crippen molar-refractivity contribution < 1.29 is 18.7 Å². The zero-order valence-corrected chi connectivity index (χ0v) is 14.5. The minimum Gasteiger partial charge on any atom is -0.465 e. The van der Waals surface area contributed by atoms with Crippen molar-refractivity contribution in [3.8, 4) is 0 Å². The summed E-state index contributed by atoms with van der Waals surface area (Å²) in [6.45, 7) is 0. The van der Waals surface area contributed by atoms with Crippen LogP contribution in [0.1, 0.15) is 31.2 Å². The van der Waals surface area contributed by atoms with Gasteiger partial charge in [0.15, 0.2) is 5.17 Å². The molecule has 2 N–H and O–H groups in total. The Bertz CT molecular complexity index is 686. The van der Waals surface area contributed by atoms with E-state index >= 15 is 0 Å². The van der Waals surface area contributed by atoms with E-state index in [-0.39, 0.29) is 15.6 Å². The third-order valence-electron chi connectivity index (χ3n) is 4.45. The van der Waals surface area contributed by atoms with Crippen LogP contribution < -0.4 is 5.32 Å². The van der Waals surface area contributed by atoms with Crippen molar-refractivity contribution in [2.24, 2.45) is 10.9 Å². The lowest BCUT2D eigenvalue weighted by Gasteiger charge is -2.44. The Morgan fingerprint density at radius 3 is 2.91 bits per heavy atom. The molecular weight excluding hydrogens is 390 g/mol. The number of nitrogens with one attached hydrogen (secondary N) is 1. The van der Waals surface area contributed by atoms with Crippen molar-refractivity contribution >= 4 is 39.0 Å². The summed E-state index contributed by atoms with van der Waals surface area (Å²) in [5, 5.41) is 11.5. The zero-order chi connectivity index (χ0) is 16.6. The van der Waals surface area contributed by atoms with Crippen molar-refractivity contribution in [2.75, 3.05) is 5.75 Å². The number of thioether (sulfide) groups is 1. The molecule has 124 valence electrons. The predicted octanol–water partition coefficient (Wildman–Crippen LogP) is 4.48. The van der Waals surface area contributed by atoms with Crippen LogP contribution in [0.4, 0.5) is 13.6 Å². The molecule has 1 saturated carbocycles. The molecule has 0 aromatic heterocycles. The average Bonchev–Trinajstić information content (AvgIpc) is 2.50. The molecule has 2 atom stereocenters. The van der Waals surface area contributed by atoms with Gasteiger partial charge in [-0.3, -0.25) is 10.3 Å². The molecule has 2 aliphatic rings. The van der Waals surface area contributed by atoms with Crippen molar-refractivity contribution in [3.05, 3.63) is 33.8 Å². The maximum atomic E-state index is 14.5. The standard InChI is InChI=1S/C15H15BrF2N2O2S/c16-10-5-9(11(17)6-12(10)18)15-4-2-1-3-8(15)7-23-13(20-15)19-14(21)22/h5-6,8H,1-4,7H2,(H,19,20)(H,21,22)/t8?,15-/m0/s1. The maximum absolute atomic E-state index is 14.5. The average molecular weight is 405 g/mol. The highest BCUT2D eigenvalue weighted by atomic mass is 79.9. The topological polar surface area (TPSA) is 61.7 Å². The Balaban J connectivity index is 2.12. The summed E-state index contributed by atoms with van der Waals surface area (Å²) in [7, 11) is 0. The molecule has 3 rings (SSSR count). The number of carboxylic acid groups (broad SMARTS) is 1.